The van der Waals surface area contributed by atoms with E-state index in [9.17, 15) is 14.0 Å². The van der Waals surface area contributed by atoms with E-state index >= 15 is 0 Å². The molecular formula is C12H11FN2O3. The fourth-order valence-corrected chi connectivity index (χ4v) is 1.22. The highest BCUT2D eigenvalue weighted by Gasteiger charge is 2.10. The molecule has 0 aromatic heterocycles. The van der Waals surface area contributed by atoms with Gasteiger partial charge in [0.2, 0.25) is 5.69 Å². The molecule has 0 saturated carbocycles. The van der Waals surface area contributed by atoms with Crippen LogP contribution in [-0.2, 0) is 9.53 Å². The van der Waals surface area contributed by atoms with Gasteiger partial charge in [0.05, 0.1) is 20.1 Å². The minimum absolute atomic E-state index is 0.0465. The number of rotatable bonds is 4. The van der Waals surface area contributed by atoms with Gasteiger partial charge in [0.1, 0.15) is 5.82 Å². The Hall–Kier alpha value is -2.42. The molecule has 0 fully saturated rings. The molecule has 0 aliphatic rings. The highest BCUT2D eigenvalue weighted by molar-refractivity contribution is 5.94. The van der Waals surface area contributed by atoms with Crippen molar-refractivity contribution in [3.63, 3.8) is 0 Å². The Bertz CT molecular complexity index is 509. The SMILES string of the molecule is [C-]#[N+]c1ccc(C(=O)NCCC(=O)OC)cc1F. The number of carbonyl (C=O) groups excluding carboxylic acids is 2. The first-order valence-corrected chi connectivity index (χ1v) is 5.10. The fourth-order valence-electron chi connectivity index (χ4n) is 1.22. The maximum Gasteiger partial charge on any atom is 0.307 e. The molecule has 1 N–H and O–H groups in total. The van der Waals surface area contributed by atoms with E-state index in [1.807, 2.05) is 0 Å². The Kier molecular flexibility index (Phi) is 4.81. The predicted molar refractivity (Wildman–Crippen MR) is 61.6 cm³/mol. The maximum absolute atomic E-state index is 13.2. The molecule has 1 aromatic rings. The summed E-state index contributed by atoms with van der Waals surface area (Å²) in [4.78, 5) is 25.3. The highest BCUT2D eigenvalue weighted by Crippen LogP contribution is 2.18. The van der Waals surface area contributed by atoms with Crippen LogP contribution in [0.4, 0.5) is 10.1 Å². The number of nitrogens with one attached hydrogen (secondary N) is 1. The molecule has 0 radical (unpaired) electrons. The Morgan fingerprint density at radius 2 is 2.22 bits per heavy atom. The van der Waals surface area contributed by atoms with Crippen molar-refractivity contribution in [3.8, 4) is 0 Å². The average Bonchev–Trinajstić information content (AvgIpc) is 2.38. The van der Waals surface area contributed by atoms with Crippen molar-refractivity contribution in [1.29, 1.82) is 0 Å². The summed E-state index contributed by atoms with van der Waals surface area (Å²) in [6, 6.07) is 3.57. The molecule has 0 saturated heterocycles. The zero-order valence-electron chi connectivity index (χ0n) is 9.70. The summed E-state index contributed by atoms with van der Waals surface area (Å²) in [5.41, 5.74) is -0.0362. The van der Waals surface area contributed by atoms with Crippen LogP contribution in [0.5, 0.6) is 0 Å². The Balaban J connectivity index is 2.60. The molecule has 0 aliphatic heterocycles. The minimum Gasteiger partial charge on any atom is -0.469 e. The van der Waals surface area contributed by atoms with E-state index in [-0.39, 0.29) is 24.2 Å². The number of benzene rings is 1. The number of esters is 1. The second-order valence-electron chi connectivity index (χ2n) is 3.36. The van der Waals surface area contributed by atoms with Crippen LogP contribution in [0.2, 0.25) is 0 Å². The summed E-state index contributed by atoms with van der Waals surface area (Å²) >= 11 is 0. The van der Waals surface area contributed by atoms with Gasteiger partial charge in [-0.25, -0.2) is 9.24 Å². The van der Waals surface area contributed by atoms with Crippen LogP contribution in [0.3, 0.4) is 0 Å². The molecule has 0 spiro atoms. The first-order valence-electron chi connectivity index (χ1n) is 5.10. The van der Waals surface area contributed by atoms with E-state index in [0.717, 1.165) is 6.07 Å². The molecule has 0 atom stereocenters. The summed E-state index contributed by atoms with van der Waals surface area (Å²) in [6.07, 6.45) is 0.0465. The zero-order chi connectivity index (χ0) is 13.5. The van der Waals surface area contributed by atoms with Gasteiger partial charge in [-0.1, -0.05) is 12.1 Å². The van der Waals surface area contributed by atoms with Gasteiger partial charge in [-0.15, -0.1) is 0 Å². The van der Waals surface area contributed by atoms with Crippen LogP contribution in [0.25, 0.3) is 4.85 Å². The van der Waals surface area contributed by atoms with Crippen LogP contribution in [0.1, 0.15) is 16.8 Å². The first kappa shape index (κ1) is 13.6. The normalized spacial score (nSPS) is 9.39. The number of amides is 1. The first-order chi connectivity index (χ1) is 8.58. The number of halogens is 1. The molecule has 5 nitrogen and oxygen atoms in total. The summed E-state index contributed by atoms with van der Waals surface area (Å²) in [6.45, 7) is 6.78. The molecule has 18 heavy (non-hydrogen) atoms. The topological polar surface area (TPSA) is 59.8 Å². The minimum atomic E-state index is -0.745. The monoisotopic (exact) mass is 250 g/mol. The lowest BCUT2D eigenvalue weighted by atomic mass is 10.2. The van der Waals surface area contributed by atoms with Crippen LogP contribution in [0.15, 0.2) is 18.2 Å². The second-order valence-corrected chi connectivity index (χ2v) is 3.36. The summed E-state index contributed by atoms with van der Waals surface area (Å²) in [5, 5.41) is 2.44. The summed E-state index contributed by atoms with van der Waals surface area (Å²) in [7, 11) is 1.25. The van der Waals surface area contributed by atoms with Gasteiger partial charge in [0.25, 0.3) is 5.91 Å². The number of carbonyl (C=O) groups is 2. The van der Waals surface area contributed by atoms with Crippen LogP contribution in [0, 0.1) is 12.4 Å². The third kappa shape index (κ3) is 3.56. The highest BCUT2D eigenvalue weighted by atomic mass is 19.1. The largest absolute Gasteiger partial charge is 0.469 e. The van der Waals surface area contributed by atoms with E-state index in [0.29, 0.717) is 0 Å². The van der Waals surface area contributed by atoms with Gasteiger partial charge in [-0.05, 0) is 6.07 Å². The number of ether oxygens (including phenoxy) is 1. The quantitative estimate of drug-likeness (QED) is 0.653. The zero-order valence-corrected chi connectivity index (χ0v) is 9.70. The van der Waals surface area contributed by atoms with Gasteiger partial charge >= 0.3 is 5.97 Å². The van der Waals surface area contributed by atoms with Crippen molar-refractivity contribution in [2.45, 2.75) is 6.42 Å². The molecule has 6 heteroatoms. The second kappa shape index (κ2) is 6.35. The van der Waals surface area contributed by atoms with Crippen LogP contribution >= 0.6 is 0 Å². The molecular weight excluding hydrogens is 239 g/mol. The number of nitrogens with zero attached hydrogens (tertiary/aromatic N) is 1. The Morgan fingerprint density at radius 3 is 2.78 bits per heavy atom. The molecule has 0 heterocycles. The Morgan fingerprint density at radius 1 is 1.50 bits per heavy atom. The molecule has 0 unspecified atom stereocenters. The molecule has 1 rings (SSSR count). The van der Waals surface area contributed by atoms with E-state index in [1.165, 1.54) is 19.2 Å². The predicted octanol–water partition coefficient (Wildman–Crippen LogP) is 1.67. The van der Waals surface area contributed by atoms with Crippen molar-refractivity contribution >= 4 is 17.6 Å². The van der Waals surface area contributed by atoms with E-state index < -0.39 is 17.7 Å². The van der Waals surface area contributed by atoms with Gasteiger partial charge in [0, 0.05) is 12.1 Å². The molecule has 1 amide bonds. The third-order valence-corrected chi connectivity index (χ3v) is 2.17. The van der Waals surface area contributed by atoms with E-state index in [4.69, 9.17) is 6.57 Å². The lowest BCUT2D eigenvalue weighted by Crippen LogP contribution is -2.26. The third-order valence-electron chi connectivity index (χ3n) is 2.17. The fraction of sp³-hybridized carbons (Fsp3) is 0.250. The van der Waals surface area contributed by atoms with Crippen molar-refractivity contribution in [2.24, 2.45) is 0 Å². The van der Waals surface area contributed by atoms with Gasteiger partial charge in [0.15, 0.2) is 0 Å². The number of hydrogen-bond donors (Lipinski definition) is 1. The van der Waals surface area contributed by atoms with Crippen LogP contribution < -0.4 is 5.32 Å². The smallest absolute Gasteiger partial charge is 0.307 e. The number of methoxy groups -OCH3 is 1. The summed E-state index contributed by atoms with van der Waals surface area (Å²) in [5.74, 6) is -1.69. The molecule has 94 valence electrons. The van der Waals surface area contributed by atoms with Crippen molar-refractivity contribution < 1.29 is 18.7 Å². The summed E-state index contributed by atoms with van der Waals surface area (Å²) < 4.78 is 17.7. The van der Waals surface area contributed by atoms with Gasteiger partial charge in [-0.2, -0.15) is 0 Å². The standard InChI is InChI=1S/C12H11FN2O3/c1-14-10-4-3-8(7-9(10)13)12(17)15-6-5-11(16)18-2/h3-4,7H,5-6H2,2H3,(H,15,17). The molecule has 1 aromatic carbocycles. The van der Waals surface area contributed by atoms with E-state index in [1.54, 1.807) is 0 Å². The lowest BCUT2D eigenvalue weighted by Gasteiger charge is -2.05. The van der Waals surface area contributed by atoms with Crippen LogP contribution in [-0.4, -0.2) is 25.5 Å². The van der Waals surface area contributed by atoms with Gasteiger partial charge in [-0.3, -0.25) is 9.59 Å². The maximum atomic E-state index is 13.2. The van der Waals surface area contributed by atoms with Gasteiger partial charge < -0.3 is 10.1 Å². The van der Waals surface area contributed by atoms with Crippen molar-refractivity contribution in [3.05, 3.63) is 41.0 Å². The average molecular weight is 250 g/mol. The molecule has 0 bridgehead atoms. The van der Waals surface area contributed by atoms with Crippen molar-refractivity contribution in [1.82, 2.24) is 5.32 Å². The lowest BCUT2D eigenvalue weighted by molar-refractivity contribution is -0.140. The number of hydrogen-bond acceptors (Lipinski definition) is 3. The molecule has 0 aliphatic carbocycles. The Labute approximate surface area is 103 Å². The van der Waals surface area contributed by atoms with E-state index in [2.05, 4.69) is 14.9 Å². The van der Waals surface area contributed by atoms with Crippen molar-refractivity contribution in [2.75, 3.05) is 13.7 Å².